The Kier molecular flexibility index (Phi) is 2.95. The van der Waals surface area contributed by atoms with Crippen molar-refractivity contribution in [2.75, 3.05) is 6.61 Å². The topological polar surface area (TPSA) is 75.4 Å². The Balaban J connectivity index is 2.76. The van der Waals surface area contributed by atoms with E-state index in [1.807, 2.05) is 0 Å². The fraction of sp³-hybridized carbons (Fsp3) is 0.429. The van der Waals surface area contributed by atoms with Gasteiger partial charge in [-0.05, 0) is 6.07 Å². The highest BCUT2D eigenvalue weighted by Crippen LogP contribution is 1.86. The van der Waals surface area contributed by atoms with E-state index in [2.05, 4.69) is 4.98 Å². The first kappa shape index (κ1) is 8.89. The summed E-state index contributed by atoms with van der Waals surface area (Å²) < 4.78 is 1.24. The number of aliphatic hydroxyl groups is 2. The van der Waals surface area contributed by atoms with Gasteiger partial charge in [-0.3, -0.25) is 4.57 Å². The maximum atomic E-state index is 10.9. The van der Waals surface area contributed by atoms with Gasteiger partial charge in [-0.1, -0.05) is 0 Å². The fourth-order valence-corrected chi connectivity index (χ4v) is 0.811. The molecule has 0 saturated heterocycles. The summed E-state index contributed by atoms with van der Waals surface area (Å²) in [6, 6.07) is 1.59. The molecule has 0 saturated carbocycles. The Bertz CT molecular complexity index is 297. The summed E-state index contributed by atoms with van der Waals surface area (Å²) in [7, 11) is 0. The summed E-state index contributed by atoms with van der Waals surface area (Å²) in [5.74, 6) is 0. The molecule has 0 aromatic carbocycles. The van der Waals surface area contributed by atoms with Crippen LogP contribution in [0.15, 0.2) is 23.3 Å². The average Bonchev–Trinajstić information content (AvgIpc) is 2.09. The Hall–Kier alpha value is -1.20. The second-order valence-corrected chi connectivity index (χ2v) is 2.39. The molecule has 1 atom stereocenters. The Morgan fingerprint density at radius 1 is 1.67 bits per heavy atom. The van der Waals surface area contributed by atoms with Crippen LogP contribution in [-0.4, -0.2) is 32.5 Å². The van der Waals surface area contributed by atoms with Crippen LogP contribution in [0.1, 0.15) is 0 Å². The third kappa shape index (κ3) is 2.14. The van der Waals surface area contributed by atoms with Crippen molar-refractivity contribution in [3.05, 3.63) is 28.9 Å². The predicted molar refractivity (Wildman–Crippen MR) is 41.6 cm³/mol. The first-order chi connectivity index (χ1) is 5.74. The van der Waals surface area contributed by atoms with Crippen LogP contribution in [-0.2, 0) is 6.54 Å². The van der Waals surface area contributed by atoms with Gasteiger partial charge in [0.05, 0.1) is 19.3 Å². The quantitative estimate of drug-likeness (QED) is 0.584. The molecule has 0 fully saturated rings. The summed E-state index contributed by atoms with van der Waals surface area (Å²) in [6.45, 7) is -0.287. The number of aliphatic hydroxyl groups excluding tert-OH is 2. The van der Waals surface area contributed by atoms with Gasteiger partial charge in [0, 0.05) is 12.4 Å². The third-order valence-corrected chi connectivity index (χ3v) is 1.40. The molecule has 66 valence electrons. The average molecular weight is 170 g/mol. The van der Waals surface area contributed by atoms with Crippen LogP contribution in [0, 0.1) is 0 Å². The van der Waals surface area contributed by atoms with Crippen LogP contribution in [0.4, 0.5) is 0 Å². The standard InChI is InChI=1S/C7H10N2O3/c10-5-6(11)4-9-3-1-2-8-7(9)12/h1-3,6,10-11H,4-5H2/t6-/m1/s1. The summed E-state index contributed by atoms with van der Waals surface area (Å²) in [5, 5.41) is 17.5. The lowest BCUT2D eigenvalue weighted by atomic mass is 10.4. The van der Waals surface area contributed by atoms with Gasteiger partial charge < -0.3 is 10.2 Å². The van der Waals surface area contributed by atoms with Crippen molar-refractivity contribution in [2.45, 2.75) is 12.6 Å². The number of hydrogen-bond donors (Lipinski definition) is 2. The van der Waals surface area contributed by atoms with Crippen LogP contribution >= 0.6 is 0 Å². The van der Waals surface area contributed by atoms with Crippen LogP contribution in [0.3, 0.4) is 0 Å². The highest BCUT2D eigenvalue weighted by molar-refractivity contribution is 4.81. The van der Waals surface area contributed by atoms with E-state index in [0.717, 1.165) is 0 Å². The molecule has 0 spiro atoms. The molecule has 0 aliphatic rings. The van der Waals surface area contributed by atoms with Crippen molar-refractivity contribution in [3.63, 3.8) is 0 Å². The second kappa shape index (κ2) is 3.99. The molecule has 0 aliphatic carbocycles. The summed E-state index contributed by atoms with van der Waals surface area (Å²) >= 11 is 0. The van der Waals surface area contributed by atoms with Gasteiger partial charge in [-0.2, -0.15) is 0 Å². The van der Waals surface area contributed by atoms with E-state index in [1.165, 1.54) is 17.0 Å². The van der Waals surface area contributed by atoms with Gasteiger partial charge in [-0.15, -0.1) is 0 Å². The van der Waals surface area contributed by atoms with E-state index in [9.17, 15) is 4.79 Å². The lowest BCUT2D eigenvalue weighted by molar-refractivity contribution is 0.0800. The van der Waals surface area contributed by atoms with Gasteiger partial charge >= 0.3 is 5.69 Å². The van der Waals surface area contributed by atoms with Crippen molar-refractivity contribution in [2.24, 2.45) is 0 Å². The minimum atomic E-state index is -0.910. The second-order valence-electron chi connectivity index (χ2n) is 2.39. The molecule has 0 bridgehead atoms. The SMILES string of the molecule is O=c1ncccn1C[C@@H](O)CO. The molecule has 12 heavy (non-hydrogen) atoms. The fourth-order valence-electron chi connectivity index (χ4n) is 0.811. The lowest BCUT2D eigenvalue weighted by Gasteiger charge is -2.07. The minimum absolute atomic E-state index is 0.0726. The summed E-state index contributed by atoms with van der Waals surface area (Å²) in [6.07, 6.45) is 1.98. The minimum Gasteiger partial charge on any atom is -0.394 e. The van der Waals surface area contributed by atoms with Crippen molar-refractivity contribution in [3.8, 4) is 0 Å². The van der Waals surface area contributed by atoms with Gasteiger partial charge in [0.2, 0.25) is 0 Å². The highest BCUT2D eigenvalue weighted by Gasteiger charge is 2.03. The third-order valence-electron chi connectivity index (χ3n) is 1.40. The van der Waals surface area contributed by atoms with Crippen molar-refractivity contribution < 1.29 is 10.2 Å². The number of nitrogens with zero attached hydrogens (tertiary/aromatic N) is 2. The molecule has 1 aromatic heterocycles. The van der Waals surface area contributed by atoms with E-state index in [-0.39, 0.29) is 13.2 Å². The molecule has 0 aliphatic heterocycles. The van der Waals surface area contributed by atoms with Gasteiger partial charge in [0.25, 0.3) is 0 Å². The van der Waals surface area contributed by atoms with Gasteiger partial charge in [0.15, 0.2) is 0 Å². The highest BCUT2D eigenvalue weighted by atomic mass is 16.3. The van der Waals surface area contributed by atoms with Gasteiger partial charge in [-0.25, -0.2) is 9.78 Å². The zero-order valence-corrected chi connectivity index (χ0v) is 6.42. The molecule has 1 rings (SSSR count). The number of hydrogen-bond acceptors (Lipinski definition) is 4. The van der Waals surface area contributed by atoms with Crippen molar-refractivity contribution in [1.82, 2.24) is 9.55 Å². The number of aromatic nitrogens is 2. The Morgan fingerprint density at radius 3 is 3.00 bits per heavy atom. The van der Waals surface area contributed by atoms with Gasteiger partial charge in [0.1, 0.15) is 0 Å². The summed E-state index contributed by atoms with van der Waals surface area (Å²) in [5.41, 5.74) is -0.426. The maximum absolute atomic E-state index is 10.9. The normalized spacial score (nSPS) is 12.8. The zero-order chi connectivity index (χ0) is 8.97. The molecule has 0 unspecified atom stereocenters. The molecule has 2 N–H and O–H groups in total. The number of rotatable bonds is 3. The molecule has 0 radical (unpaired) electrons. The maximum Gasteiger partial charge on any atom is 0.347 e. The van der Waals surface area contributed by atoms with Crippen molar-refractivity contribution in [1.29, 1.82) is 0 Å². The molecule has 0 amide bonds. The van der Waals surface area contributed by atoms with E-state index in [4.69, 9.17) is 10.2 Å². The van der Waals surface area contributed by atoms with E-state index >= 15 is 0 Å². The Labute approximate surface area is 68.9 Å². The first-order valence-corrected chi connectivity index (χ1v) is 3.54. The van der Waals surface area contributed by atoms with E-state index in [1.54, 1.807) is 6.07 Å². The van der Waals surface area contributed by atoms with E-state index in [0.29, 0.717) is 0 Å². The molecular weight excluding hydrogens is 160 g/mol. The largest absolute Gasteiger partial charge is 0.394 e. The Morgan fingerprint density at radius 2 is 2.42 bits per heavy atom. The van der Waals surface area contributed by atoms with Crippen LogP contribution in [0.25, 0.3) is 0 Å². The van der Waals surface area contributed by atoms with Crippen molar-refractivity contribution >= 4 is 0 Å². The molecule has 5 heteroatoms. The van der Waals surface area contributed by atoms with E-state index < -0.39 is 11.8 Å². The molecular formula is C7H10N2O3. The van der Waals surface area contributed by atoms with Crippen LogP contribution in [0.5, 0.6) is 0 Å². The predicted octanol–water partition coefficient (Wildman–Crippen LogP) is -1.40. The van der Waals surface area contributed by atoms with Crippen LogP contribution < -0.4 is 5.69 Å². The zero-order valence-electron chi connectivity index (χ0n) is 6.42. The lowest BCUT2D eigenvalue weighted by Crippen LogP contribution is -2.29. The molecule has 1 heterocycles. The summed E-state index contributed by atoms with van der Waals surface area (Å²) in [4.78, 5) is 14.4. The van der Waals surface area contributed by atoms with Crippen LogP contribution in [0.2, 0.25) is 0 Å². The smallest absolute Gasteiger partial charge is 0.347 e. The first-order valence-electron chi connectivity index (χ1n) is 3.54. The molecule has 1 aromatic rings. The molecule has 5 nitrogen and oxygen atoms in total. The monoisotopic (exact) mass is 170 g/mol.